The summed E-state index contributed by atoms with van der Waals surface area (Å²) in [6.07, 6.45) is 1.92. The molecule has 0 N–H and O–H groups in total. The standard InChI is InChI=1S/C17H17FN2O2/c18-16-12-15(20(21)22)6-7-17(16)19-10-8-14(9-11-19)13-4-2-1-3-5-13/h1-7,12,14H,8-11H2. The predicted octanol–water partition coefficient (Wildman–Crippen LogP) is 4.12. The molecule has 0 radical (unpaired) electrons. The van der Waals surface area contributed by atoms with E-state index in [1.165, 1.54) is 17.7 Å². The van der Waals surface area contributed by atoms with Gasteiger partial charge in [0.05, 0.1) is 16.7 Å². The zero-order chi connectivity index (χ0) is 15.5. The lowest BCUT2D eigenvalue weighted by Gasteiger charge is -2.34. The molecule has 0 aromatic heterocycles. The maximum atomic E-state index is 14.1. The normalized spacial score (nSPS) is 15.8. The third-order valence-electron chi connectivity index (χ3n) is 4.25. The van der Waals surface area contributed by atoms with Crippen LogP contribution < -0.4 is 4.90 Å². The van der Waals surface area contributed by atoms with Crippen molar-refractivity contribution in [1.29, 1.82) is 0 Å². The molecule has 2 aromatic rings. The number of non-ortho nitro benzene ring substituents is 1. The minimum atomic E-state index is -0.575. The average Bonchev–Trinajstić information content (AvgIpc) is 2.56. The van der Waals surface area contributed by atoms with E-state index >= 15 is 0 Å². The number of hydrogen-bond donors (Lipinski definition) is 0. The average molecular weight is 300 g/mol. The predicted molar refractivity (Wildman–Crippen MR) is 83.7 cm³/mol. The fourth-order valence-electron chi connectivity index (χ4n) is 3.04. The zero-order valence-corrected chi connectivity index (χ0v) is 12.1. The van der Waals surface area contributed by atoms with Crippen LogP contribution in [0.4, 0.5) is 15.8 Å². The van der Waals surface area contributed by atoms with E-state index in [9.17, 15) is 14.5 Å². The first-order valence-corrected chi connectivity index (χ1v) is 7.39. The number of nitro benzene ring substituents is 1. The Labute approximate surface area is 128 Å². The van der Waals surface area contributed by atoms with Crippen molar-refractivity contribution in [2.24, 2.45) is 0 Å². The summed E-state index contributed by atoms with van der Waals surface area (Å²) in [7, 11) is 0. The summed E-state index contributed by atoms with van der Waals surface area (Å²) in [5.41, 5.74) is 1.57. The van der Waals surface area contributed by atoms with E-state index in [0.29, 0.717) is 11.6 Å². The highest BCUT2D eigenvalue weighted by molar-refractivity contribution is 5.52. The first-order valence-electron chi connectivity index (χ1n) is 7.39. The number of piperidine rings is 1. The van der Waals surface area contributed by atoms with Gasteiger partial charge in [0, 0.05) is 19.2 Å². The smallest absolute Gasteiger partial charge is 0.272 e. The van der Waals surface area contributed by atoms with Crippen LogP contribution in [-0.4, -0.2) is 18.0 Å². The Kier molecular flexibility index (Phi) is 4.04. The second kappa shape index (κ2) is 6.13. The monoisotopic (exact) mass is 300 g/mol. The molecule has 114 valence electrons. The Bertz CT molecular complexity index is 668. The van der Waals surface area contributed by atoms with Gasteiger partial charge in [-0.05, 0) is 30.4 Å². The molecule has 0 unspecified atom stereocenters. The molecule has 0 spiro atoms. The van der Waals surface area contributed by atoms with E-state index < -0.39 is 10.7 Å². The van der Waals surface area contributed by atoms with E-state index in [0.717, 1.165) is 32.0 Å². The van der Waals surface area contributed by atoms with E-state index in [1.54, 1.807) is 0 Å². The van der Waals surface area contributed by atoms with E-state index in [-0.39, 0.29) is 5.69 Å². The van der Waals surface area contributed by atoms with Gasteiger partial charge in [0.15, 0.2) is 5.82 Å². The van der Waals surface area contributed by atoms with Gasteiger partial charge in [-0.25, -0.2) is 4.39 Å². The highest BCUT2D eigenvalue weighted by Gasteiger charge is 2.23. The Morgan fingerprint density at radius 1 is 1.09 bits per heavy atom. The van der Waals surface area contributed by atoms with Crippen LogP contribution in [0.25, 0.3) is 0 Å². The number of nitro groups is 1. The summed E-state index contributed by atoms with van der Waals surface area (Å²) in [5.74, 6) is -0.0223. The summed E-state index contributed by atoms with van der Waals surface area (Å²) in [6.45, 7) is 1.52. The minimum Gasteiger partial charge on any atom is -0.369 e. The number of anilines is 1. The van der Waals surface area contributed by atoms with Crippen LogP contribution >= 0.6 is 0 Å². The van der Waals surface area contributed by atoms with Crippen molar-refractivity contribution in [2.75, 3.05) is 18.0 Å². The van der Waals surface area contributed by atoms with Gasteiger partial charge in [0.25, 0.3) is 5.69 Å². The SMILES string of the molecule is O=[N+]([O-])c1ccc(N2CCC(c3ccccc3)CC2)c(F)c1. The van der Waals surface area contributed by atoms with Gasteiger partial charge in [0.1, 0.15) is 0 Å². The van der Waals surface area contributed by atoms with Gasteiger partial charge >= 0.3 is 0 Å². The molecule has 1 aliphatic heterocycles. The molecule has 1 heterocycles. The zero-order valence-electron chi connectivity index (χ0n) is 12.1. The summed E-state index contributed by atoms with van der Waals surface area (Å²) in [5, 5.41) is 10.7. The van der Waals surface area contributed by atoms with Gasteiger partial charge in [0.2, 0.25) is 0 Å². The molecule has 0 saturated carbocycles. The van der Waals surface area contributed by atoms with Crippen molar-refractivity contribution in [3.63, 3.8) is 0 Å². The highest BCUT2D eigenvalue weighted by Crippen LogP contribution is 2.32. The Morgan fingerprint density at radius 3 is 2.36 bits per heavy atom. The third-order valence-corrected chi connectivity index (χ3v) is 4.25. The topological polar surface area (TPSA) is 46.4 Å². The molecule has 3 rings (SSSR count). The van der Waals surface area contributed by atoms with Crippen LogP contribution in [0.2, 0.25) is 0 Å². The van der Waals surface area contributed by atoms with Crippen LogP contribution in [0.15, 0.2) is 48.5 Å². The van der Waals surface area contributed by atoms with Crippen molar-refractivity contribution < 1.29 is 9.31 Å². The first-order chi connectivity index (χ1) is 10.6. The number of halogens is 1. The highest BCUT2D eigenvalue weighted by atomic mass is 19.1. The minimum absolute atomic E-state index is 0.208. The van der Waals surface area contributed by atoms with Gasteiger partial charge in [-0.1, -0.05) is 30.3 Å². The van der Waals surface area contributed by atoms with Crippen molar-refractivity contribution in [1.82, 2.24) is 0 Å². The third kappa shape index (κ3) is 2.93. The largest absolute Gasteiger partial charge is 0.369 e. The van der Waals surface area contributed by atoms with Crippen LogP contribution in [0.3, 0.4) is 0 Å². The second-order valence-corrected chi connectivity index (χ2v) is 5.56. The molecule has 2 aromatic carbocycles. The molecule has 0 bridgehead atoms. The quantitative estimate of drug-likeness (QED) is 0.633. The maximum absolute atomic E-state index is 14.1. The summed E-state index contributed by atoms with van der Waals surface area (Å²) in [4.78, 5) is 12.1. The van der Waals surface area contributed by atoms with Crippen LogP contribution in [0, 0.1) is 15.9 Å². The molecule has 1 fully saturated rings. The maximum Gasteiger partial charge on any atom is 0.272 e. The first kappa shape index (κ1) is 14.5. The van der Waals surface area contributed by atoms with E-state index in [2.05, 4.69) is 12.1 Å². The molecule has 0 aliphatic carbocycles. The van der Waals surface area contributed by atoms with Crippen LogP contribution in [0.5, 0.6) is 0 Å². The second-order valence-electron chi connectivity index (χ2n) is 5.56. The fraction of sp³-hybridized carbons (Fsp3) is 0.294. The van der Waals surface area contributed by atoms with Crippen molar-refractivity contribution >= 4 is 11.4 Å². The Morgan fingerprint density at radius 2 is 1.77 bits per heavy atom. The molecular weight excluding hydrogens is 283 g/mol. The van der Waals surface area contributed by atoms with Crippen LogP contribution in [0.1, 0.15) is 24.3 Å². The summed E-state index contributed by atoms with van der Waals surface area (Å²) < 4.78 is 14.1. The molecule has 0 atom stereocenters. The lowest BCUT2D eigenvalue weighted by atomic mass is 9.89. The van der Waals surface area contributed by atoms with Crippen molar-refractivity contribution in [2.45, 2.75) is 18.8 Å². The summed E-state index contributed by atoms with van der Waals surface area (Å²) in [6, 6.07) is 14.2. The Balaban J connectivity index is 1.70. The van der Waals surface area contributed by atoms with Crippen molar-refractivity contribution in [3.8, 4) is 0 Å². The van der Waals surface area contributed by atoms with E-state index in [4.69, 9.17) is 0 Å². The number of hydrogen-bond acceptors (Lipinski definition) is 3. The lowest BCUT2D eigenvalue weighted by Crippen LogP contribution is -2.33. The molecule has 1 saturated heterocycles. The number of benzene rings is 2. The van der Waals surface area contributed by atoms with Gasteiger partial charge in [-0.2, -0.15) is 0 Å². The van der Waals surface area contributed by atoms with Gasteiger partial charge < -0.3 is 4.90 Å². The molecule has 22 heavy (non-hydrogen) atoms. The molecule has 0 amide bonds. The Hall–Kier alpha value is -2.43. The van der Waals surface area contributed by atoms with Gasteiger partial charge in [-0.3, -0.25) is 10.1 Å². The lowest BCUT2D eigenvalue weighted by molar-refractivity contribution is -0.385. The molecule has 1 aliphatic rings. The molecular formula is C17H17FN2O2. The summed E-state index contributed by atoms with van der Waals surface area (Å²) >= 11 is 0. The van der Waals surface area contributed by atoms with Gasteiger partial charge in [-0.15, -0.1) is 0 Å². The van der Waals surface area contributed by atoms with Crippen LogP contribution in [-0.2, 0) is 0 Å². The number of rotatable bonds is 3. The molecule has 4 nitrogen and oxygen atoms in total. The fourth-order valence-corrected chi connectivity index (χ4v) is 3.04. The number of nitrogens with zero attached hydrogens (tertiary/aromatic N) is 2. The van der Waals surface area contributed by atoms with Crippen molar-refractivity contribution in [3.05, 3.63) is 70.0 Å². The molecule has 5 heteroatoms. The van der Waals surface area contributed by atoms with E-state index in [1.807, 2.05) is 23.1 Å².